The number of amides is 1. The fourth-order valence-corrected chi connectivity index (χ4v) is 2.43. The minimum absolute atomic E-state index is 0.134. The molecular formula is C14H18N2O3. The molecule has 102 valence electrons. The molecule has 0 aromatic heterocycles. The molecule has 0 radical (unpaired) electrons. The summed E-state index contributed by atoms with van der Waals surface area (Å²) in [5, 5.41) is 9.26. The van der Waals surface area contributed by atoms with Crippen molar-refractivity contribution in [2.24, 2.45) is 5.73 Å². The Labute approximate surface area is 112 Å². The summed E-state index contributed by atoms with van der Waals surface area (Å²) in [6.07, 6.45) is 2.20. The number of hydrogen-bond donors (Lipinski definition) is 2. The minimum atomic E-state index is -0.955. The number of nitrogens with zero attached hydrogens (tertiary/aromatic N) is 1. The van der Waals surface area contributed by atoms with E-state index < -0.39 is 12.0 Å². The quantitative estimate of drug-likeness (QED) is 0.780. The number of nitrogens with two attached hydrogens (primary N) is 1. The van der Waals surface area contributed by atoms with Crippen LogP contribution in [0.5, 0.6) is 0 Å². The third kappa shape index (κ3) is 2.76. The Hall–Kier alpha value is -1.88. The molecular weight excluding hydrogens is 244 g/mol. The van der Waals surface area contributed by atoms with Crippen LogP contribution in [0.1, 0.15) is 24.8 Å². The fraction of sp³-hybridized carbons (Fsp3) is 0.429. The zero-order valence-electron chi connectivity index (χ0n) is 10.7. The number of carboxylic acids is 1. The molecule has 0 saturated carbocycles. The Kier molecular flexibility index (Phi) is 4.16. The molecule has 19 heavy (non-hydrogen) atoms. The highest BCUT2D eigenvalue weighted by Crippen LogP contribution is 2.32. The number of anilines is 1. The van der Waals surface area contributed by atoms with Crippen LogP contribution in [0.25, 0.3) is 0 Å². The van der Waals surface area contributed by atoms with Gasteiger partial charge in [-0.15, -0.1) is 0 Å². The minimum Gasteiger partial charge on any atom is -0.480 e. The zero-order valence-corrected chi connectivity index (χ0v) is 10.7. The lowest BCUT2D eigenvalue weighted by atomic mass is 10.1. The van der Waals surface area contributed by atoms with Gasteiger partial charge < -0.3 is 10.8 Å². The van der Waals surface area contributed by atoms with Crippen molar-refractivity contribution in [3.05, 3.63) is 29.8 Å². The van der Waals surface area contributed by atoms with Crippen molar-refractivity contribution in [1.82, 2.24) is 0 Å². The van der Waals surface area contributed by atoms with Crippen molar-refractivity contribution in [3.8, 4) is 0 Å². The number of para-hydroxylation sites is 1. The molecule has 0 saturated heterocycles. The monoisotopic (exact) mass is 262 g/mol. The van der Waals surface area contributed by atoms with E-state index >= 15 is 0 Å². The summed E-state index contributed by atoms with van der Waals surface area (Å²) >= 11 is 0. The molecule has 1 aliphatic heterocycles. The van der Waals surface area contributed by atoms with Gasteiger partial charge in [0.2, 0.25) is 5.91 Å². The molecule has 0 spiro atoms. The highest BCUT2D eigenvalue weighted by Gasteiger charge is 2.37. The highest BCUT2D eigenvalue weighted by molar-refractivity contribution is 6.01. The van der Waals surface area contributed by atoms with E-state index in [1.807, 2.05) is 18.2 Å². The summed E-state index contributed by atoms with van der Waals surface area (Å²) in [6.45, 7) is 0.548. The Bertz CT molecular complexity index is 487. The molecule has 0 unspecified atom stereocenters. The number of fused-ring (bicyclic) bond motifs is 1. The average molecular weight is 262 g/mol. The molecule has 1 aromatic carbocycles. The number of aliphatic carboxylic acids is 1. The molecule has 5 nitrogen and oxygen atoms in total. The average Bonchev–Trinajstić information content (AvgIpc) is 2.78. The summed E-state index contributed by atoms with van der Waals surface area (Å²) in [7, 11) is 0. The highest BCUT2D eigenvalue weighted by atomic mass is 16.4. The Balaban J connectivity index is 2.19. The van der Waals surface area contributed by atoms with Crippen LogP contribution in [-0.2, 0) is 16.0 Å². The number of hydrogen-bond acceptors (Lipinski definition) is 3. The second kappa shape index (κ2) is 5.84. The van der Waals surface area contributed by atoms with E-state index in [9.17, 15) is 14.7 Å². The van der Waals surface area contributed by atoms with Gasteiger partial charge >= 0.3 is 5.97 Å². The lowest BCUT2D eigenvalue weighted by Gasteiger charge is -2.22. The van der Waals surface area contributed by atoms with Crippen molar-refractivity contribution in [2.45, 2.75) is 31.7 Å². The van der Waals surface area contributed by atoms with Gasteiger partial charge in [-0.1, -0.05) is 18.2 Å². The Morgan fingerprint density at radius 1 is 1.32 bits per heavy atom. The van der Waals surface area contributed by atoms with E-state index in [0.29, 0.717) is 25.8 Å². The third-order valence-electron chi connectivity index (χ3n) is 3.37. The van der Waals surface area contributed by atoms with Gasteiger partial charge in [-0.2, -0.15) is 0 Å². The Morgan fingerprint density at radius 3 is 2.74 bits per heavy atom. The second-order valence-electron chi connectivity index (χ2n) is 4.70. The van der Waals surface area contributed by atoms with Crippen LogP contribution < -0.4 is 10.6 Å². The molecule has 0 bridgehead atoms. The summed E-state index contributed by atoms with van der Waals surface area (Å²) in [5.41, 5.74) is 7.05. The van der Waals surface area contributed by atoms with Gasteiger partial charge in [-0.05, 0) is 31.0 Å². The smallest absolute Gasteiger partial charge is 0.327 e. The standard InChI is InChI=1S/C14H18N2O3/c15-8-4-3-7-13(17)16-11-6-2-1-5-10(11)9-12(16)14(18)19/h1-2,5-6,12H,3-4,7-9,15H2,(H,18,19)/t12-/m0/s1. The summed E-state index contributed by atoms with van der Waals surface area (Å²) in [5.74, 6) is -1.09. The van der Waals surface area contributed by atoms with Crippen LogP contribution in [0.3, 0.4) is 0 Å². The number of unbranched alkanes of at least 4 members (excludes halogenated alkanes) is 1. The van der Waals surface area contributed by atoms with Crippen LogP contribution >= 0.6 is 0 Å². The van der Waals surface area contributed by atoms with Crippen molar-refractivity contribution >= 4 is 17.6 Å². The molecule has 0 fully saturated rings. The van der Waals surface area contributed by atoms with Crippen LogP contribution in [0.2, 0.25) is 0 Å². The van der Waals surface area contributed by atoms with Gasteiger partial charge in [-0.25, -0.2) is 4.79 Å². The predicted octanol–water partition coefficient (Wildman–Crippen LogP) is 1.16. The summed E-state index contributed by atoms with van der Waals surface area (Å²) in [6, 6.07) is 6.59. The third-order valence-corrected chi connectivity index (χ3v) is 3.37. The maximum Gasteiger partial charge on any atom is 0.327 e. The number of benzene rings is 1. The first-order chi connectivity index (χ1) is 9.15. The summed E-state index contributed by atoms with van der Waals surface area (Å²) < 4.78 is 0. The number of carboxylic acid groups (broad SMARTS) is 1. The van der Waals surface area contributed by atoms with Gasteiger partial charge in [0.1, 0.15) is 6.04 Å². The SMILES string of the molecule is NCCCCC(=O)N1c2ccccc2C[C@H]1C(=O)O. The van der Waals surface area contributed by atoms with E-state index in [0.717, 1.165) is 17.7 Å². The molecule has 2 rings (SSSR count). The van der Waals surface area contributed by atoms with Gasteiger partial charge in [0.25, 0.3) is 0 Å². The number of carbonyl (C=O) groups excluding carboxylic acids is 1. The normalized spacial score (nSPS) is 17.3. The molecule has 0 aliphatic carbocycles. The van der Waals surface area contributed by atoms with Crippen molar-refractivity contribution < 1.29 is 14.7 Å². The molecule has 1 aliphatic rings. The van der Waals surface area contributed by atoms with Crippen molar-refractivity contribution in [1.29, 1.82) is 0 Å². The first kappa shape index (κ1) is 13.5. The molecule has 3 N–H and O–H groups in total. The largest absolute Gasteiger partial charge is 0.480 e. The van der Waals surface area contributed by atoms with E-state index in [1.54, 1.807) is 6.07 Å². The second-order valence-corrected chi connectivity index (χ2v) is 4.70. The molecule has 1 atom stereocenters. The van der Waals surface area contributed by atoms with E-state index in [2.05, 4.69) is 0 Å². The van der Waals surface area contributed by atoms with E-state index in [-0.39, 0.29) is 5.91 Å². The first-order valence-corrected chi connectivity index (χ1v) is 6.48. The maximum absolute atomic E-state index is 12.2. The first-order valence-electron chi connectivity index (χ1n) is 6.48. The molecule has 1 amide bonds. The lowest BCUT2D eigenvalue weighted by molar-refractivity contribution is -0.139. The number of carbonyl (C=O) groups is 2. The fourth-order valence-electron chi connectivity index (χ4n) is 2.43. The van der Waals surface area contributed by atoms with Crippen LogP contribution in [-0.4, -0.2) is 29.6 Å². The predicted molar refractivity (Wildman–Crippen MR) is 72.0 cm³/mol. The molecule has 1 aromatic rings. The van der Waals surface area contributed by atoms with Gasteiger partial charge in [0.05, 0.1) is 0 Å². The van der Waals surface area contributed by atoms with Gasteiger partial charge in [-0.3, -0.25) is 9.69 Å². The zero-order chi connectivity index (χ0) is 13.8. The van der Waals surface area contributed by atoms with Crippen molar-refractivity contribution in [2.75, 3.05) is 11.4 Å². The van der Waals surface area contributed by atoms with Crippen LogP contribution in [0, 0.1) is 0 Å². The molecule has 1 heterocycles. The van der Waals surface area contributed by atoms with Crippen LogP contribution in [0.15, 0.2) is 24.3 Å². The van der Waals surface area contributed by atoms with Crippen LogP contribution in [0.4, 0.5) is 5.69 Å². The topological polar surface area (TPSA) is 83.6 Å². The van der Waals surface area contributed by atoms with E-state index in [4.69, 9.17) is 5.73 Å². The lowest BCUT2D eigenvalue weighted by Crippen LogP contribution is -2.42. The van der Waals surface area contributed by atoms with Gasteiger partial charge in [0.15, 0.2) is 0 Å². The Morgan fingerprint density at radius 2 is 2.05 bits per heavy atom. The molecule has 5 heteroatoms. The van der Waals surface area contributed by atoms with Crippen molar-refractivity contribution in [3.63, 3.8) is 0 Å². The maximum atomic E-state index is 12.2. The van der Waals surface area contributed by atoms with Gasteiger partial charge in [0, 0.05) is 18.5 Å². The number of rotatable bonds is 5. The van der Waals surface area contributed by atoms with E-state index in [1.165, 1.54) is 4.90 Å². The summed E-state index contributed by atoms with van der Waals surface area (Å²) in [4.78, 5) is 24.9.